The monoisotopic (exact) mass is 207 g/mol. The summed E-state index contributed by atoms with van der Waals surface area (Å²) >= 11 is 0. The molecule has 1 heterocycles. The quantitative estimate of drug-likeness (QED) is 0.825. The van der Waals surface area contributed by atoms with E-state index < -0.39 is 5.97 Å². The van der Waals surface area contributed by atoms with E-state index in [1.165, 1.54) is 0 Å². The molecule has 1 aromatic heterocycles. The van der Waals surface area contributed by atoms with Crippen molar-refractivity contribution in [3.63, 3.8) is 0 Å². The second-order valence-electron chi connectivity index (χ2n) is 3.97. The molecule has 0 aliphatic heterocycles. The van der Waals surface area contributed by atoms with E-state index in [-0.39, 0.29) is 0 Å². The van der Waals surface area contributed by atoms with Crippen LogP contribution >= 0.6 is 0 Å². The van der Waals surface area contributed by atoms with Gasteiger partial charge in [0.2, 0.25) is 0 Å². The lowest BCUT2D eigenvalue weighted by Crippen LogP contribution is -2.06. The fourth-order valence-corrected chi connectivity index (χ4v) is 1.45. The van der Waals surface area contributed by atoms with Gasteiger partial charge in [0.15, 0.2) is 0 Å². The molecule has 0 aromatic carbocycles. The Kier molecular flexibility index (Phi) is 3.83. The van der Waals surface area contributed by atoms with Crippen molar-refractivity contribution in [2.24, 2.45) is 0 Å². The van der Waals surface area contributed by atoms with Gasteiger partial charge in [-0.25, -0.2) is 4.79 Å². The maximum Gasteiger partial charge on any atom is 0.337 e. The van der Waals surface area contributed by atoms with Gasteiger partial charge in [0, 0.05) is 6.20 Å². The zero-order chi connectivity index (χ0) is 11.4. The zero-order valence-electron chi connectivity index (χ0n) is 9.45. The average molecular weight is 207 g/mol. The number of hydrogen-bond donors (Lipinski definition) is 1. The smallest absolute Gasteiger partial charge is 0.337 e. The van der Waals surface area contributed by atoms with Crippen LogP contribution in [0.1, 0.15) is 54.7 Å². The first-order valence-electron chi connectivity index (χ1n) is 5.28. The van der Waals surface area contributed by atoms with Gasteiger partial charge in [0.05, 0.1) is 11.3 Å². The number of carbonyl (C=O) groups is 1. The largest absolute Gasteiger partial charge is 0.478 e. The van der Waals surface area contributed by atoms with E-state index in [0.717, 1.165) is 18.4 Å². The van der Waals surface area contributed by atoms with Crippen molar-refractivity contribution < 1.29 is 9.90 Å². The second-order valence-corrected chi connectivity index (χ2v) is 3.97. The van der Waals surface area contributed by atoms with Crippen molar-refractivity contribution in [3.8, 4) is 0 Å². The summed E-state index contributed by atoms with van der Waals surface area (Å²) in [4.78, 5) is 15.3. The number of aryl methyl sites for hydroxylation is 1. The van der Waals surface area contributed by atoms with Crippen LogP contribution in [0.4, 0.5) is 0 Å². The lowest BCUT2D eigenvalue weighted by Gasteiger charge is -2.09. The molecule has 0 aliphatic rings. The van der Waals surface area contributed by atoms with Gasteiger partial charge in [-0.2, -0.15) is 0 Å². The molecule has 0 bridgehead atoms. The molecular weight excluding hydrogens is 190 g/mol. The molecule has 0 saturated heterocycles. The van der Waals surface area contributed by atoms with Crippen molar-refractivity contribution in [1.29, 1.82) is 0 Å². The predicted molar refractivity (Wildman–Crippen MR) is 59.3 cm³/mol. The van der Waals surface area contributed by atoms with E-state index in [2.05, 4.69) is 4.98 Å². The number of nitrogens with zero attached hydrogens (tertiary/aromatic N) is 1. The summed E-state index contributed by atoms with van der Waals surface area (Å²) in [5, 5.41) is 9.06. The van der Waals surface area contributed by atoms with Crippen molar-refractivity contribution in [3.05, 3.63) is 29.1 Å². The fourth-order valence-electron chi connectivity index (χ4n) is 1.45. The van der Waals surface area contributed by atoms with E-state index in [1.807, 2.05) is 20.8 Å². The molecule has 3 heteroatoms. The van der Waals surface area contributed by atoms with Crippen LogP contribution in [-0.2, 0) is 6.42 Å². The normalized spacial score (nSPS) is 10.7. The highest BCUT2D eigenvalue weighted by Gasteiger charge is 2.12. The van der Waals surface area contributed by atoms with Gasteiger partial charge in [0.1, 0.15) is 0 Å². The van der Waals surface area contributed by atoms with Gasteiger partial charge in [-0.1, -0.05) is 27.2 Å². The molecule has 15 heavy (non-hydrogen) atoms. The minimum atomic E-state index is -0.881. The number of carboxylic acids is 1. The van der Waals surface area contributed by atoms with E-state index in [0.29, 0.717) is 17.2 Å². The molecule has 0 amide bonds. The Bertz CT molecular complexity index is 359. The van der Waals surface area contributed by atoms with Gasteiger partial charge >= 0.3 is 5.97 Å². The van der Waals surface area contributed by atoms with Gasteiger partial charge < -0.3 is 5.11 Å². The topological polar surface area (TPSA) is 50.2 Å². The fraction of sp³-hybridized carbons (Fsp3) is 0.500. The standard InChI is InChI=1S/C12H17NO2/c1-4-5-11-10(12(14)15)6-9(7-13-11)8(2)3/h6-8H,4-5H2,1-3H3,(H,14,15). The Balaban J connectivity index is 3.14. The summed E-state index contributed by atoms with van der Waals surface area (Å²) in [5.41, 5.74) is 2.02. The minimum absolute atomic E-state index is 0.311. The molecule has 0 fully saturated rings. The molecule has 0 aliphatic carbocycles. The number of aromatic nitrogens is 1. The molecule has 0 unspecified atom stereocenters. The Hall–Kier alpha value is -1.38. The Morgan fingerprint density at radius 1 is 1.53 bits per heavy atom. The number of pyridine rings is 1. The van der Waals surface area contributed by atoms with E-state index >= 15 is 0 Å². The SMILES string of the molecule is CCCc1ncc(C(C)C)cc1C(=O)O. The Morgan fingerprint density at radius 3 is 2.67 bits per heavy atom. The third-order valence-electron chi connectivity index (χ3n) is 2.38. The van der Waals surface area contributed by atoms with Crippen LogP contribution in [0.2, 0.25) is 0 Å². The summed E-state index contributed by atoms with van der Waals surface area (Å²) < 4.78 is 0. The third-order valence-corrected chi connectivity index (χ3v) is 2.38. The number of carboxylic acid groups (broad SMARTS) is 1. The van der Waals surface area contributed by atoms with Crippen molar-refractivity contribution in [2.75, 3.05) is 0 Å². The van der Waals surface area contributed by atoms with Crippen LogP contribution in [0.5, 0.6) is 0 Å². The first-order chi connectivity index (χ1) is 7.06. The average Bonchev–Trinajstić information content (AvgIpc) is 2.18. The zero-order valence-corrected chi connectivity index (χ0v) is 9.45. The summed E-state index contributed by atoms with van der Waals surface area (Å²) in [7, 11) is 0. The molecule has 1 N–H and O–H groups in total. The number of rotatable bonds is 4. The molecular formula is C12H17NO2. The highest BCUT2D eigenvalue weighted by molar-refractivity contribution is 5.89. The van der Waals surface area contributed by atoms with Crippen molar-refractivity contribution >= 4 is 5.97 Å². The lowest BCUT2D eigenvalue weighted by atomic mass is 10.0. The highest BCUT2D eigenvalue weighted by Crippen LogP contribution is 2.17. The van der Waals surface area contributed by atoms with Gasteiger partial charge in [-0.15, -0.1) is 0 Å². The van der Waals surface area contributed by atoms with Crippen LogP contribution < -0.4 is 0 Å². The summed E-state index contributed by atoms with van der Waals surface area (Å²) in [5.74, 6) is -0.570. The van der Waals surface area contributed by atoms with Crippen LogP contribution in [-0.4, -0.2) is 16.1 Å². The van der Waals surface area contributed by atoms with Crippen molar-refractivity contribution in [1.82, 2.24) is 4.98 Å². The molecule has 82 valence electrons. The second kappa shape index (κ2) is 4.91. The number of hydrogen-bond acceptors (Lipinski definition) is 2. The van der Waals surface area contributed by atoms with Crippen LogP contribution in [0.15, 0.2) is 12.3 Å². The van der Waals surface area contributed by atoms with Gasteiger partial charge in [-0.3, -0.25) is 4.98 Å². The molecule has 1 aromatic rings. The minimum Gasteiger partial charge on any atom is -0.478 e. The summed E-state index contributed by atoms with van der Waals surface area (Å²) in [6, 6.07) is 1.74. The Labute approximate surface area is 90.2 Å². The van der Waals surface area contributed by atoms with E-state index in [4.69, 9.17) is 5.11 Å². The first kappa shape index (κ1) is 11.7. The van der Waals surface area contributed by atoms with E-state index in [1.54, 1.807) is 12.3 Å². The van der Waals surface area contributed by atoms with Crippen LogP contribution in [0, 0.1) is 0 Å². The maximum absolute atomic E-state index is 11.0. The predicted octanol–water partition coefficient (Wildman–Crippen LogP) is 2.86. The van der Waals surface area contributed by atoms with E-state index in [9.17, 15) is 4.79 Å². The summed E-state index contributed by atoms with van der Waals surface area (Å²) in [6.45, 7) is 6.08. The lowest BCUT2D eigenvalue weighted by molar-refractivity contribution is 0.0695. The summed E-state index contributed by atoms with van der Waals surface area (Å²) in [6.07, 6.45) is 3.41. The first-order valence-corrected chi connectivity index (χ1v) is 5.28. The maximum atomic E-state index is 11.0. The van der Waals surface area contributed by atoms with Crippen molar-refractivity contribution in [2.45, 2.75) is 39.5 Å². The highest BCUT2D eigenvalue weighted by atomic mass is 16.4. The molecule has 0 saturated carbocycles. The molecule has 3 nitrogen and oxygen atoms in total. The van der Waals surface area contributed by atoms with Gasteiger partial charge in [-0.05, 0) is 24.0 Å². The third kappa shape index (κ3) is 2.78. The molecule has 1 rings (SSSR count). The molecule has 0 spiro atoms. The van der Waals surface area contributed by atoms with Crippen LogP contribution in [0.25, 0.3) is 0 Å². The number of aromatic carboxylic acids is 1. The van der Waals surface area contributed by atoms with Gasteiger partial charge in [0.25, 0.3) is 0 Å². The van der Waals surface area contributed by atoms with Crippen LogP contribution in [0.3, 0.4) is 0 Å². The Morgan fingerprint density at radius 2 is 2.20 bits per heavy atom. The molecule has 0 radical (unpaired) electrons. The molecule has 0 atom stereocenters.